The third-order valence-electron chi connectivity index (χ3n) is 2.36. The van der Waals surface area contributed by atoms with E-state index in [0.717, 1.165) is 5.69 Å². The molecule has 1 aliphatic carbocycles. The second-order valence-electron chi connectivity index (χ2n) is 3.37. The lowest BCUT2D eigenvalue weighted by Gasteiger charge is -1.97. The first-order valence-electron chi connectivity index (χ1n) is 3.91. The summed E-state index contributed by atoms with van der Waals surface area (Å²) in [6, 6.07) is 0. The molecule has 0 aliphatic heterocycles. The number of hydrogen-bond acceptors (Lipinski definition) is 1. The molecule has 1 N–H and O–H groups in total. The second kappa shape index (κ2) is 2.06. The van der Waals surface area contributed by atoms with Crippen LogP contribution in [0.5, 0.6) is 0 Å². The van der Waals surface area contributed by atoms with Gasteiger partial charge < -0.3 is 0 Å². The number of hydrogen-bond donors (Lipinski definition) is 1. The van der Waals surface area contributed by atoms with Crippen LogP contribution in [0.15, 0.2) is 0 Å². The van der Waals surface area contributed by atoms with E-state index < -0.39 is 11.8 Å². The van der Waals surface area contributed by atoms with Crippen LogP contribution in [0, 0.1) is 13.8 Å². The fourth-order valence-corrected chi connectivity index (χ4v) is 1.60. The maximum atomic E-state index is 12.7. The average molecular weight is 172 g/mol. The zero-order chi connectivity index (χ0) is 8.93. The fraction of sp³-hybridized carbons (Fsp3) is 0.625. The minimum Gasteiger partial charge on any atom is -0.282 e. The summed E-state index contributed by atoms with van der Waals surface area (Å²) < 4.78 is 25.4. The van der Waals surface area contributed by atoms with Crippen LogP contribution in [0.4, 0.5) is 8.78 Å². The quantitative estimate of drug-likeness (QED) is 0.690. The summed E-state index contributed by atoms with van der Waals surface area (Å²) >= 11 is 0. The van der Waals surface area contributed by atoms with E-state index in [4.69, 9.17) is 0 Å². The van der Waals surface area contributed by atoms with Crippen molar-refractivity contribution in [3.8, 4) is 0 Å². The van der Waals surface area contributed by atoms with Crippen molar-refractivity contribution in [2.75, 3.05) is 0 Å². The second-order valence-corrected chi connectivity index (χ2v) is 3.37. The molecule has 2 rings (SSSR count). The SMILES string of the molecule is Cc1n[nH]c(C)c1C1CC1(F)F. The van der Waals surface area contributed by atoms with Crippen molar-refractivity contribution in [2.45, 2.75) is 32.1 Å². The van der Waals surface area contributed by atoms with Gasteiger partial charge in [0.05, 0.1) is 11.6 Å². The third-order valence-corrected chi connectivity index (χ3v) is 2.36. The minimum atomic E-state index is -2.49. The van der Waals surface area contributed by atoms with E-state index in [0.29, 0.717) is 11.3 Å². The molecule has 1 heterocycles. The Bertz CT molecular complexity index is 297. The predicted octanol–water partition coefficient (Wildman–Crippen LogP) is 2.15. The lowest BCUT2D eigenvalue weighted by atomic mass is 10.1. The van der Waals surface area contributed by atoms with E-state index in [1.807, 2.05) is 0 Å². The highest BCUT2D eigenvalue weighted by Crippen LogP contribution is 2.56. The van der Waals surface area contributed by atoms with Gasteiger partial charge in [-0.15, -0.1) is 0 Å². The van der Waals surface area contributed by atoms with Crippen LogP contribution in [0.1, 0.15) is 29.3 Å². The van der Waals surface area contributed by atoms with Crippen LogP contribution in [-0.4, -0.2) is 16.1 Å². The summed E-state index contributed by atoms with van der Waals surface area (Å²) in [5.74, 6) is -3.07. The Morgan fingerprint density at radius 1 is 1.50 bits per heavy atom. The monoisotopic (exact) mass is 172 g/mol. The molecule has 1 atom stereocenters. The Labute approximate surface area is 69.0 Å². The molecule has 0 bridgehead atoms. The molecule has 1 saturated carbocycles. The molecule has 1 unspecified atom stereocenters. The molecule has 1 aliphatic rings. The molecule has 0 aromatic carbocycles. The Morgan fingerprint density at radius 2 is 2.08 bits per heavy atom. The minimum absolute atomic E-state index is 0.0196. The summed E-state index contributed by atoms with van der Waals surface area (Å²) in [5, 5.41) is 6.60. The van der Waals surface area contributed by atoms with E-state index >= 15 is 0 Å². The number of halogens is 2. The zero-order valence-electron chi connectivity index (χ0n) is 6.99. The van der Waals surface area contributed by atoms with Gasteiger partial charge in [-0.1, -0.05) is 0 Å². The van der Waals surface area contributed by atoms with Gasteiger partial charge in [-0.25, -0.2) is 8.78 Å². The Hall–Kier alpha value is -0.930. The van der Waals surface area contributed by atoms with E-state index in [-0.39, 0.29) is 6.42 Å². The van der Waals surface area contributed by atoms with Crippen LogP contribution in [-0.2, 0) is 0 Å². The van der Waals surface area contributed by atoms with Crippen molar-refractivity contribution in [3.63, 3.8) is 0 Å². The van der Waals surface area contributed by atoms with Gasteiger partial charge in [0.25, 0.3) is 5.92 Å². The molecule has 0 saturated heterocycles. The first kappa shape index (κ1) is 7.71. The topological polar surface area (TPSA) is 28.7 Å². The van der Waals surface area contributed by atoms with E-state index in [1.54, 1.807) is 13.8 Å². The summed E-state index contributed by atoms with van der Waals surface area (Å²) in [7, 11) is 0. The molecular formula is C8H10F2N2. The average Bonchev–Trinajstić information content (AvgIpc) is 2.42. The number of nitrogens with zero attached hydrogens (tertiary/aromatic N) is 1. The highest BCUT2D eigenvalue weighted by atomic mass is 19.3. The fourth-order valence-electron chi connectivity index (χ4n) is 1.60. The van der Waals surface area contributed by atoms with Gasteiger partial charge in [-0.3, -0.25) is 5.10 Å². The number of aromatic nitrogens is 2. The predicted molar refractivity (Wildman–Crippen MR) is 40.4 cm³/mol. The van der Waals surface area contributed by atoms with Crippen LogP contribution in [0.2, 0.25) is 0 Å². The molecule has 0 spiro atoms. The van der Waals surface area contributed by atoms with Gasteiger partial charge in [0.15, 0.2) is 0 Å². The maximum absolute atomic E-state index is 12.7. The van der Waals surface area contributed by atoms with Crippen molar-refractivity contribution < 1.29 is 8.78 Å². The number of aryl methyl sites for hydroxylation is 2. The number of aromatic amines is 1. The molecule has 0 radical (unpaired) electrons. The summed E-state index contributed by atoms with van der Waals surface area (Å²) in [5.41, 5.74) is 2.18. The van der Waals surface area contributed by atoms with Crippen molar-refractivity contribution in [1.82, 2.24) is 10.2 Å². The first-order chi connectivity index (χ1) is 5.52. The van der Waals surface area contributed by atoms with Crippen molar-refractivity contribution in [2.24, 2.45) is 0 Å². The summed E-state index contributed by atoms with van der Waals surface area (Å²) in [4.78, 5) is 0. The number of alkyl halides is 2. The number of nitrogens with one attached hydrogen (secondary N) is 1. The van der Waals surface area contributed by atoms with Crippen molar-refractivity contribution in [3.05, 3.63) is 17.0 Å². The molecule has 2 nitrogen and oxygen atoms in total. The molecule has 66 valence electrons. The Morgan fingerprint density at radius 3 is 2.42 bits per heavy atom. The Balaban J connectivity index is 2.36. The molecule has 4 heteroatoms. The number of rotatable bonds is 1. The van der Waals surface area contributed by atoms with E-state index in [2.05, 4.69) is 10.2 Å². The lowest BCUT2D eigenvalue weighted by molar-refractivity contribution is 0.112. The largest absolute Gasteiger partial charge is 0.282 e. The van der Waals surface area contributed by atoms with Crippen LogP contribution in [0.25, 0.3) is 0 Å². The van der Waals surface area contributed by atoms with Crippen LogP contribution in [0.3, 0.4) is 0 Å². The highest BCUT2D eigenvalue weighted by Gasteiger charge is 2.59. The van der Waals surface area contributed by atoms with Gasteiger partial charge in [-0.05, 0) is 13.8 Å². The first-order valence-corrected chi connectivity index (χ1v) is 3.91. The van der Waals surface area contributed by atoms with Crippen molar-refractivity contribution >= 4 is 0 Å². The smallest absolute Gasteiger partial charge is 0.256 e. The summed E-state index contributed by atoms with van der Waals surface area (Å²) in [6.07, 6.45) is -0.0196. The normalized spacial score (nSPS) is 25.8. The van der Waals surface area contributed by atoms with Gasteiger partial charge >= 0.3 is 0 Å². The van der Waals surface area contributed by atoms with Crippen LogP contribution >= 0.6 is 0 Å². The number of H-pyrrole nitrogens is 1. The lowest BCUT2D eigenvalue weighted by Crippen LogP contribution is -1.95. The van der Waals surface area contributed by atoms with Gasteiger partial charge in [0.1, 0.15) is 0 Å². The molecule has 1 aromatic heterocycles. The molecule has 12 heavy (non-hydrogen) atoms. The van der Waals surface area contributed by atoms with Crippen molar-refractivity contribution in [1.29, 1.82) is 0 Å². The highest BCUT2D eigenvalue weighted by molar-refractivity contribution is 5.35. The third kappa shape index (κ3) is 0.940. The molecule has 1 fully saturated rings. The van der Waals surface area contributed by atoms with Crippen LogP contribution < -0.4 is 0 Å². The van der Waals surface area contributed by atoms with E-state index in [9.17, 15) is 8.78 Å². The Kier molecular flexibility index (Phi) is 1.32. The zero-order valence-corrected chi connectivity index (χ0v) is 6.99. The molecule has 1 aromatic rings. The molecular weight excluding hydrogens is 162 g/mol. The molecule has 0 amide bonds. The maximum Gasteiger partial charge on any atom is 0.256 e. The van der Waals surface area contributed by atoms with E-state index in [1.165, 1.54) is 0 Å². The van der Waals surface area contributed by atoms with Gasteiger partial charge in [-0.2, -0.15) is 5.10 Å². The van der Waals surface area contributed by atoms with Gasteiger partial charge in [0, 0.05) is 17.7 Å². The summed E-state index contributed by atoms with van der Waals surface area (Å²) in [6.45, 7) is 3.54. The standard InChI is InChI=1S/C8H10F2N2/c1-4-7(5(2)12-11-4)6-3-8(6,9)10/h6H,3H2,1-2H3,(H,11,12). The van der Waals surface area contributed by atoms with Gasteiger partial charge in [0.2, 0.25) is 0 Å².